The van der Waals surface area contributed by atoms with Crippen molar-refractivity contribution in [3.05, 3.63) is 35.6 Å². The van der Waals surface area contributed by atoms with Gasteiger partial charge in [-0.25, -0.2) is 4.39 Å². The molecule has 17 heavy (non-hydrogen) atoms. The third-order valence-corrected chi connectivity index (χ3v) is 3.28. The Labute approximate surface area is 103 Å². The van der Waals surface area contributed by atoms with Crippen LogP contribution in [-0.2, 0) is 0 Å². The summed E-state index contributed by atoms with van der Waals surface area (Å²) >= 11 is 0. The highest BCUT2D eigenvalue weighted by molar-refractivity contribution is 5.19. The van der Waals surface area contributed by atoms with Crippen molar-refractivity contribution in [2.24, 2.45) is 17.6 Å². The Bertz CT molecular complexity index is 339. The van der Waals surface area contributed by atoms with Gasteiger partial charge in [0.25, 0.3) is 0 Å². The number of rotatable bonds is 6. The maximum Gasteiger partial charge on any atom is 0.123 e. The fraction of sp³-hybridized carbons (Fsp3) is 0.571. The van der Waals surface area contributed by atoms with Crippen LogP contribution < -0.4 is 11.1 Å². The second-order valence-electron chi connectivity index (χ2n) is 4.92. The number of nitrogens with one attached hydrogen (secondary N) is 1. The molecule has 0 aliphatic heterocycles. The predicted octanol–water partition coefficient (Wildman–Crippen LogP) is 2.71. The molecule has 0 bridgehead atoms. The molecule has 96 valence electrons. The molecule has 0 aliphatic carbocycles. The van der Waals surface area contributed by atoms with Crippen molar-refractivity contribution in [3.63, 3.8) is 0 Å². The van der Waals surface area contributed by atoms with Gasteiger partial charge in [-0.2, -0.15) is 0 Å². The van der Waals surface area contributed by atoms with E-state index in [2.05, 4.69) is 19.2 Å². The minimum absolute atomic E-state index is 0.151. The first-order valence-electron chi connectivity index (χ1n) is 6.23. The van der Waals surface area contributed by atoms with E-state index in [0.717, 1.165) is 12.1 Å². The molecule has 2 atom stereocenters. The molecule has 0 saturated carbocycles. The van der Waals surface area contributed by atoms with Gasteiger partial charge in [0, 0.05) is 6.04 Å². The Balaban J connectivity index is 2.52. The van der Waals surface area contributed by atoms with Crippen LogP contribution in [0.1, 0.15) is 32.4 Å². The first-order valence-corrected chi connectivity index (χ1v) is 6.23. The van der Waals surface area contributed by atoms with E-state index in [-0.39, 0.29) is 11.9 Å². The zero-order valence-electron chi connectivity index (χ0n) is 10.9. The zero-order valence-corrected chi connectivity index (χ0v) is 10.9. The van der Waals surface area contributed by atoms with E-state index in [9.17, 15) is 4.39 Å². The molecule has 2 unspecified atom stereocenters. The lowest BCUT2D eigenvalue weighted by atomic mass is 9.95. The van der Waals surface area contributed by atoms with Crippen molar-refractivity contribution < 1.29 is 4.39 Å². The molecular weight excluding hydrogens is 215 g/mol. The fourth-order valence-electron chi connectivity index (χ4n) is 1.81. The van der Waals surface area contributed by atoms with E-state index in [0.29, 0.717) is 18.4 Å². The summed E-state index contributed by atoms with van der Waals surface area (Å²) in [5, 5.41) is 3.41. The molecule has 3 heteroatoms. The molecule has 0 aromatic heterocycles. The predicted molar refractivity (Wildman–Crippen MR) is 70.2 cm³/mol. The highest BCUT2D eigenvalue weighted by Crippen LogP contribution is 2.15. The van der Waals surface area contributed by atoms with Gasteiger partial charge < -0.3 is 11.1 Å². The molecule has 0 heterocycles. The Hall–Kier alpha value is -0.930. The summed E-state index contributed by atoms with van der Waals surface area (Å²) in [6.07, 6.45) is 0. The van der Waals surface area contributed by atoms with Crippen LogP contribution in [-0.4, -0.2) is 13.1 Å². The first kappa shape index (κ1) is 14.1. The maximum absolute atomic E-state index is 13.1. The number of hydrogen-bond acceptors (Lipinski definition) is 2. The summed E-state index contributed by atoms with van der Waals surface area (Å²) in [7, 11) is 0. The lowest BCUT2D eigenvalue weighted by Gasteiger charge is -2.22. The minimum atomic E-state index is -0.185. The summed E-state index contributed by atoms with van der Waals surface area (Å²) in [6.45, 7) is 7.94. The maximum atomic E-state index is 13.1. The van der Waals surface area contributed by atoms with Gasteiger partial charge in [-0.15, -0.1) is 0 Å². The van der Waals surface area contributed by atoms with Gasteiger partial charge in [0.15, 0.2) is 0 Å². The van der Waals surface area contributed by atoms with Crippen molar-refractivity contribution in [1.29, 1.82) is 0 Å². The van der Waals surface area contributed by atoms with Crippen molar-refractivity contribution >= 4 is 0 Å². The van der Waals surface area contributed by atoms with Crippen LogP contribution in [0.15, 0.2) is 24.3 Å². The largest absolute Gasteiger partial charge is 0.330 e. The van der Waals surface area contributed by atoms with Crippen LogP contribution >= 0.6 is 0 Å². The second-order valence-corrected chi connectivity index (χ2v) is 4.92. The number of nitrogens with two attached hydrogens (primary N) is 1. The molecule has 1 aromatic carbocycles. The molecule has 1 aromatic rings. The van der Waals surface area contributed by atoms with E-state index in [1.54, 1.807) is 12.1 Å². The number of hydrogen-bond donors (Lipinski definition) is 2. The number of halogens is 1. The van der Waals surface area contributed by atoms with E-state index in [4.69, 9.17) is 5.73 Å². The molecule has 0 fully saturated rings. The van der Waals surface area contributed by atoms with Crippen LogP contribution in [0.5, 0.6) is 0 Å². The summed E-state index contributed by atoms with van der Waals surface area (Å²) in [6, 6.07) is 6.87. The smallest absolute Gasteiger partial charge is 0.123 e. The van der Waals surface area contributed by atoms with Crippen LogP contribution in [0.25, 0.3) is 0 Å². The molecule has 3 N–H and O–H groups in total. The summed E-state index contributed by atoms with van der Waals surface area (Å²) in [4.78, 5) is 0. The van der Waals surface area contributed by atoms with Gasteiger partial charge >= 0.3 is 0 Å². The fourth-order valence-corrected chi connectivity index (χ4v) is 1.81. The van der Waals surface area contributed by atoms with E-state index in [1.807, 2.05) is 13.0 Å². The van der Waals surface area contributed by atoms with Crippen LogP contribution in [0, 0.1) is 17.7 Å². The van der Waals surface area contributed by atoms with Crippen molar-refractivity contribution in [3.8, 4) is 0 Å². The van der Waals surface area contributed by atoms with Crippen LogP contribution in [0.2, 0.25) is 0 Å². The standard InChI is InChI=1S/C14H23FN2/c1-10(2)13(8-16)9-17-11(3)12-5-4-6-14(15)7-12/h4-7,10-11,13,17H,8-9,16H2,1-3H3. The molecule has 0 saturated heterocycles. The molecule has 2 nitrogen and oxygen atoms in total. The topological polar surface area (TPSA) is 38.0 Å². The third kappa shape index (κ3) is 4.44. The molecule has 0 amide bonds. The quantitative estimate of drug-likeness (QED) is 0.799. The van der Waals surface area contributed by atoms with Crippen molar-refractivity contribution in [2.45, 2.75) is 26.8 Å². The zero-order chi connectivity index (χ0) is 12.8. The Kier molecular flexibility index (Phi) is 5.59. The first-order chi connectivity index (χ1) is 8.04. The summed E-state index contributed by atoms with van der Waals surface area (Å²) in [5.41, 5.74) is 6.70. The van der Waals surface area contributed by atoms with Crippen molar-refractivity contribution in [2.75, 3.05) is 13.1 Å². The Morgan fingerprint density at radius 2 is 2.00 bits per heavy atom. The highest BCUT2D eigenvalue weighted by atomic mass is 19.1. The monoisotopic (exact) mass is 238 g/mol. The lowest BCUT2D eigenvalue weighted by molar-refractivity contribution is 0.356. The van der Waals surface area contributed by atoms with Gasteiger partial charge in [0.2, 0.25) is 0 Å². The third-order valence-electron chi connectivity index (χ3n) is 3.28. The highest BCUT2D eigenvalue weighted by Gasteiger charge is 2.13. The van der Waals surface area contributed by atoms with Gasteiger partial charge in [0.1, 0.15) is 5.82 Å². The van der Waals surface area contributed by atoms with E-state index < -0.39 is 0 Å². The van der Waals surface area contributed by atoms with Crippen LogP contribution in [0.4, 0.5) is 4.39 Å². The van der Waals surface area contributed by atoms with Crippen molar-refractivity contribution in [1.82, 2.24) is 5.32 Å². The second kappa shape index (κ2) is 6.72. The van der Waals surface area contributed by atoms with Crippen LogP contribution in [0.3, 0.4) is 0 Å². The normalized spacial score (nSPS) is 14.9. The Morgan fingerprint density at radius 3 is 2.53 bits per heavy atom. The molecule has 0 radical (unpaired) electrons. The summed E-state index contributed by atoms with van der Waals surface area (Å²) < 4.78 is 13.1. The Morgan fingerprint density at radius 1 is 1.29 bits per heavy atom. The molecule has 0 aliphatic rings. The van der Waals surface area contributed by atoms with E-state index in [1.165, 1.54) is 6.07 Å². The minimum Gasteiger partial charge on any atom is -0.330 e. The molecule has 0 spiro atoms. The number of benzene rings is 1. The molecular formula is C14H23FN2. The SMILES string of the molecule is CC(NCC(CN)C(C)C)c1cccc(F)c1. The summed E-state index contributed by atoms with van der Waals surface area (Å²) in [5.74, 6) is 0.841. The lowest BCUT2D eigenvalue weighted by Crippen LogP contribution is -2.33. The average Bonchev–Trinajstić information content (AvgIpc) is 2.29. The van der Waals surface area contributed by atoms with Gasteiger partial charge in [-0.05, 0) is 49.5 Å². The molecule has 1 rings (SSSR count). The van der Waals surface area contributed by atoms with Gasteiger partial charge in [-0.1, -0.05) is 26.0 Å². The van der Waals surface area contributed by atoms with Gasteiger partial charge in [0.05, 0.1) is 0 Å². The average molecular weight is 238 g/mol. The van der Waals surface area contributed by atoms with E-state index >= 15 is 0 Å². The van der Waals surface area contributed by atoms with Gasteiger partial charge in [-0.3, -0.25) is 0 Å².